The second-order valence-electron chi connectivity index (χ2n) is 9.73. The summed E-state index contributed by atoms with van der Waals surface area (Å²) in [5.74, 6) is 0.603. The van der Waals surface area contributed by atoms with Gasteiger partial charge in [0.1, 0.15) is 5.56 Å². The summed E-state index contributed by atoms with van der Waals surface area (Å²) in [4.78, 5) is 26.7. The molecule has 0 amide bonds. The summed E-state index contributed by atoms with van der Waals surface area (Å²) >= 11 is 6.91. The number of methoxy groups -OCH3 is 3. The van der Waals surface area contributed by atoms with Crippen molar-refractivity contribution in [3.8, 4) is 22.8 Å². The molecule has 8 heteroatoms. The molecule has 0 radical (unpaired) electrons. The average molecular weight is 540 g/mol. The van der Waals surface area contributed by atoms with Crippen LogP contribution in [0.4, 0.5) is 0 Å². The highest BCUT2D eigenvalue weighted by Crippen LogP contribution is 2.49. The van der Waals surface area contributed by atoms with Gasteiger partial charge in [0.25, 0.3) is 5.56 Å². The van der Waals surface area contributed by atoms with E-state index in [0.29, 0.717) is 36.8 Å². The summed E-state index contributed by atoms with van der Waals surface area (Å²) in [6, 6.07) is 13.6. The fraction of sp³-hybridized carbons (Fsp3) is 0.400. The van der Waals surface area contributed by atoms with Crippen LogP contribution in [0.25, 0.3) is 11.3 Å². The van der Waals surface area contributed by atoms with E-state index in [-0.39, 0.29) is 29.0 Å². The zero-order valence-electron chi connectivity index (χ0n) is 22.5. The van der Waals surface area contributed by atoms with Gasteiger partial charge in [0.05, 0.1) is 38.1 Å². The predicted octanol–water partition coefficient (Wildman–Crippen LogP) is 5.72. The Bertz CT molecular complexity index is 1370. The van der Waals surface area contributed by atoms with Crippen LogP contribution in [0.3, 0.4) is 0 Å². The Balaban J connectivity index is 2.00. The van der Waals surface area contributed by atoms with E-state index in [9.17, 15) is 9.59 Å². The molecule has 202 valence electrons. The molecule has 0 saturated carbocycles. The normalized spacial score (nSPS) is 14.1. The Morgan fingerprint density at radius 3 is 2.45 bits per heavy atom. The summed E-state index contributed by atoms with van der Waals surface area (Å²) in [7, 11) is 4.51. The van der Waals surface area contributed by atoms with Crippen LogP contribution in [0, 0.1) is 5.92 Å². The fourth-order valence-corrected chi connectivity index (χ4v) is 5.48. The van der Waals surface area contributed by atoms with Gasteiger partial charge in [-0.15, -0.1) is 0 Å². The minimum absolute atomic E-state index is 0.0363. The van der Waals surface area contributed by atoms with Gasteiger partial charge in [-0.3, -0.25) is 4.79 Å². The van der Waals surface area contributed by atoms with Gasteiger partial charge in [-0.2, -0.15) is 0 Å². The van der Waals surface area contributed by atoms with Crippen LogP contribution in [0.2, 0.25) is 5.02 Å². The van der Waals surface area contributed by atoms with Crippen molar-refractivity contribution in [2.75, 3.05) is 34.5 Å². The van der Waals surface area contributed by atoms with Gasteiger partial charge >= 0.3 is 5.97 Å². The van der Waals surface area contributed by atoms with E-state index in [2.05, 4.69) is 13.8 Å². The highest BCUT2D eigenvalue weighted by molar-refractivity contribution is 6.34. The molecule has 4 rings (SSSR count). The van der Waals surface area contributed by atoms with E-state index in [0.717, 1.165) is 28.7 Å². The molecular weight excluding hydrogens is 506 g/mol. The zero-order valence-corrected chi connectivity index (χ0v) is 23.3. The lowest BCUT2D eigenvalue weighted by Gasteiger charge is -2.34. The van der Waals surface area contributed by atoms with Crippen LogP contribution in [0.1, 0.15) is 53.2 Å². The number of fused-ring (bicyclic) bond motifs is 3. The first-order chi connectivity index (χ1) is 18.3. The van der Waals surface area contributed by atoms with Crippen LogP contribution in [0.5, 0.6) is 11.5 Å². The van der Waals surface area contributed by atoms with E-state index < -0.39 is 11.5 Å². The third-order valence-electron chi connectivity index (χ3n) is 7.02. The van der Waals surface area contributed by atoms with Gasteiger partial charge in [-0.25, -0.2) is 4.79 Å². The number of carbonyl (C=O) groups excluding carboxylic acids is 1. The summed E-state index contributed by atoms with van der Waals surface area (Å²) in [6.45, 7) is 5.59. The van der Waals surface area contributed by atoms with Crippen molar-refractivity contribution in [2.45, 2.75) is 39.2 Å². The van der Waals surface area contributed by atoms with Gasteiger partial charge in [0.2, 0.25) is 0 Å². The topological polar surface area (TPSA) is 76.0 Å². The third kappa shape index (κ3) is 5.31. The number of benzene rings is 2. The first-order valence-corrected chi connectivity index (χ1v) is 13.1. The number of hydrogen-bond acceptors (Lipinski definition) is 6. The van der Waals surface area contributed by atoms with Crippen molar-refractivity contribution in [1.29, 1.82) is 0 Å². The lowest BCUT2D eigenvalue weighted by Crippen LogP contribution is -2.33. The monoisotopic (exact) mass is 539 g/mol. The van der Waals surface area contributed by atoms with Gasteiger partial charge in [0.15, 0.2) is 11.5 Å². The van der Waals surface area contributed by atoms with Gasteiger partial charge < -0.3 is 23.5 Å². The molecule has 0 saturated heterocycles. The van der Waals surface area contributed by atoms with Crippen LogP contribution >= 0.6 is 11.6 Å². The Hall–Kier alpha value is -3.29. The molecule has 0 aliphatic heterocycles. The molecule has 1 heterocycles. The third-order valence-corrected chi connectivity index (χ3v) is 7.42. The highest BCUT2D eigenvalue weighted by Gasteiger charge is 2.36. The maximum atomic E-state index is 13.9. The largest absolute Gasteiger partial charge is 0.493 e. The smallest absolute Gasteiger partial charge is 0.345 e. The first-order valence-electron chi connectivity index (χ1n) is 12.7. The molecule has 1 unspecified atom stereocenters. The predicted molar refractivity (Wildman–Crippen MR) is 148 cm³/mol. The summed E-state index contributed by atoms with van der Waals surface area (Å²) in [5.41, 5.74) is 3.64. The number of carbonyl (C=O) groups is 1. The maximum absolute atomic E-state index is 13.9. The molecule has 7 nitrogen and oxygen atoms in total. The zero-order chi connectivity index (χ0) is 27.4. The number of aromatic nitrogens is 1. The molecule has 0 bridgehead atoms. The molecule has 1 aromatic heterocycles. The number of pyridine rings is 1. The molecule has 1 aliphatic carbocycles. The minimum atomic E-state index is -0.740. The Morgan fingerprint density at radius 1 is 1.08 bits per heavy atom. The standard InChI is InChI=1S/C30H34ClNO6/c1-18(2)21-14-20-15-24(38-13-9-12-35-3)23(36-4)16-22(20)28-25(21)27(31)26(30(34)37-5)29(33)32(28)17-19-10-7-6-8-11-19/h6-8,10-11,15-16,18,21H,9,12-14,17H2,1-5H3. The van der Waals surface area contributed by atoms with Crippen LogP contribution in [-0.4, -0.2) is 45.1 Å². The number of rotatable bonds is 10. The minimum Gasteiger partial charge on any atom is -0.493 e. The van der Waals surface area contributed by atoms with Crippen molar-refractivity contribution in [2.24, 2.45) is 5.92 Å². The SMILES string of the molecule is COCCCOc1cc2c(cc1OC)-c1c(c(Cl)c(C(=O)OC)c(=O)n1Cc1ccccc1)C(C(C)C)C2. The molecular formula is C30H34ClNO6. The molecule has 38 heavy (non-hydrogen) atoms. The van der Waals surface area contributed by atoms with Crippen molar-refractivity contribution in [3.05, 3.63) is 80.1 Å². The highest BCUT2D eigenvalue weighted by atomic mass is 35.5. The molecule has 0 N–H and O–H groups in total. The van der Waals surface area contributed by atoms with Crippen molar-refractivity contribution in [3.63, 3.8) is 0 Å². The summed E-state index contributed by atoms with van der Waals surface area (Å²) in [6.07, 6.45) is 1.42. The Kier molecular flexibility index (Phi) is 8.80. The summed E-state index contributed by atoms with van der Waals surface area (Å²) in [5, 5.41) is 0.157. The Labute approximate surface area is 228 Å². The number of esters is 1. The average Bonchev–Trinajstić information content (AvgIpc) is 2.92. The molecule has 3 aromatic rings. The van der Waals surface area contributed by atoms with E-state index >= 15 is 0 Å². The van der Waals surface area contributed by atoms with Crippen LogP contribution in [-0.2, 0) is 22.4 Å². The Morgan fingerprint density at radius 2 is 1.82 bits per heavy atom. The van der Waals surface area contributed by atoms with Crippen molar-refractivity contribution >= 4 is 17.6 Å². The van der Waals surface area contributed by atoms with Crippen LogP contribution in [0.15, 0.2) is 47.3 Å². The molecule has 0 fully saturated rings. The van der Waals surface area contributed by atoms with E-state index in [1.54, 1.807) is 18.8 Å². The maximum Gasteiger partial charge on any atom is 0.345 e. The van der Waals surface area contributed by atoms with E-state index in [1.807, 2.05) is 42.5 Å². The number of hydrogen-bond donors (Lipinski definition) is 0. The second-order valence-corrected chi connectivity index (χ2v) is 10.1. The van der Waals surface area contributed by atoms with Gasteiger partial charge in [-0.1, -0.05) is 55.8 Å². The first kappa shape index (κ1) is 27.7. The number of ether oxygens (including phenoxy) is 4. The lowest BCUT2D eigenvalue weighted by atomic mass is 9.75. The molecule has 0 spiro atoms. The van der Waals surface area contributed by atoms with E-state index in [4.69, 9.17) is 30.5 Å². The quantitative estimate of drug-likeness (QED) is 0.242. The van der Waals surface area contributed by atoms with Gasteiger partial charge in [-0.05, 0) is 47.1 Å². The lowest BCUT2D eigenvalue weighted by molar-refractivity contribution is 0.0598. The number of nitrogens with zero attached hydrogens (tertiary/aromatic N) is 1. The molecule has 1 atom stereocenters. The van der Waals surface area contributed by atoms with Crippen molar-refractivity contribution in [1.82, 2.24) is 4.57 Å². The van der Waals surface area contributed by atoms with E-state index in [1.165, 1.54) is 7.11 Å². The van der Waals surface area contributed by atoms with Crippen LogP contribution < -0.4 is 15.0 Å². The van der Waals surface area contributed by atoms with Gasteiger partial charge in [0, 0.05) is 25.7 Å². The molecule has 2 aromatic carbocycles. The van der Waals surface area contributed by atoms with Crippen molar-refractivity contribution < 1.29 is 23.7 Å². The second kappa shape index (κ2) is 12.0. The molecule has 1 aliphatic rings. The summed E-state index contributed by atoms with van der Waals surface area (Å²) < 4.78 is 23.5. The number of halogens is 1. The fourth-order valence-electron chi connectivity index (χ4n) is 5.10.